The maximum absolute atomic E-state index is 10.5. The number of aliphatic hydroxyl groups is 1. The van der Waals surface area contributed by atoms with Crippen LogP contribution in [0.25, 0.3) is 0 Å². The van der Waals surface area contributed by atoms with Gasteiger partial charge in [0.1, 0.15) is 0 Å². The Morgan fingerprint density at radius 3 is 2.16 bits per heavy atom. The van der Waals surface area contributed by atoms with Crippen LogP contribution in [0.1, 0.15) is 106 Å². The summed E-state index contributed by atoms with van der Waals surface area (Å²) in [7, 11) is 0. The van der Waals surface area contributed by atoms with E-state index in [-0.39, 0.29) is 6.10 Å². The summed E-state index contributed by atoms with van der Waals surface area (Å²) in [6.45, 7) is 17.3. The van der Waals surface area contributed by atoms with Crippen LogP contribution in [0.3, 0.4) is 0 Å². The van der Waals surface area contributed by atoms with Gasteiger partial charge in [0, 0.05) is 0 Å². The van der Waals surface area contributed by atoms with Gasteiger partial charge in [0.2, 0.25) is 0 Å². The molecule has 4 rings (SSSR count). The Bertz CT molecular complexity index is 651. The van der Waals surface area contributed by atoms with Crippen LogP contribution < -0.4 is 0 Å². The van der Waals surface area contributed by atoms with Crippen LogP contribution in [-0.4, -0.2) is 11.2 Å². The third kappa shape index (κ3) is 3.87. The van der Waals surface area contributed by atoms with Crippen molar-refractivity contribution in [2.24, 2.45) is 64.1 Å². The molecule has 1 nitrogen and oxygen atoms in total. The first-order valence-corrected chi connectivity index (χ1v) is 14.0. The second-order valence-corrected chi connectivity index (χ2v) is 13.3. The number of hydrogen-bond donors (Lipinski definition) is 1. The molecule has 0 radical (unpaired) electrons. The lowest BCUT2D eigenvalue weighted by atomic mass is 9.43. The summed E-state index contributed by atoms with van der Waals surface area (Å²) in [4.78, 5) is 0. The first kappa shape index (κ1) is 23.8. The lowest BCUT2D eigenvalue weighted by Crippen LogP contribution is -2.56. The van der Waals surface area contributed by atoms with Crippen molar-refractivity contribution in [1.29, 1.82) is 0 Å². The molecule has 0 bridgehead atoms. The van der Waals surface area contributed by atoms with Crippen molar-refractivity contribution < 1.29 is 5.11 Å². The SMILES string of the molecule is CC[C@@H](/C=C/[C@@H](C)[C@H]1CC[C@H]2[C@@H]3CCC4[C@H](C)[C@@H](O)CC[C@]4(C)[C@H]3CC[C@]12C)C(C)C. The highest BCUT2D eigenvalue weighted by molar-refractivity contribution is 5.12. The standard InChI is InChI=1S/C30H52O/c1-8-22(19(2)3)10-9-20(4)24-13-14-26-23-11-12-25-21(5)28(31)16-18-30(25,7)27(23)15-17-29(24,26)6/h9-10,19-28,31H,8,11-18H2,1-7H3/b10-9+/t20-,21+,22+,23+,24-,25?,26+,27+,28+,29-,30+/m1/s1. The number of allylic oxidation sites excluding steroid dienone is 2. The minimum atomic E-state index is -0.0511. The summed E-state index contributed by atoms with van der Waals surface area (Å²) >= 11 is 0. The number of fused-ring (bicyclic) bond motifs is 5. The molecule has 0 spiro atoms. The highest BCUT2D eigenvalue weighted by Gasteiger charge is 2.61. The van der Waals surface area contributed by atoms with Gasteiger partial charge in [-0.05, 0) is 122 Å². The van der Waals surface area contributed by atoms with Gasteiger partial charge >= 0.3 is 0 Å². The Morgan fingerprint density at radius 1 is 0.839 bits per heavy atom. The molecule has 4 fully saturated rings. The van der Waals surface area contributed by atoms with Crippen molar-refractivity contribution in [2.45, 2.75) is 112 Å². The number of hydrogen-bond acceptors (Lipinski definition) is 1. The van der Waals surface area contributed by atoms with Crippen LogP contribution in [0.15, 0.2) is 12.2 Å². The summed E-state index contributed by atoms with van der Waals surface area (Å²) in [6, 6.07) is 0. The van der Waals surface area contributed by atoms with Crippen LogP contribution in [0.2, 0.25) is 0 Å². The first-order chi connectivity index (χ1) is 14.6. The monoisotopic (exact) mass is 428 g/mol. The predicted molar refractivity (Wildman–Crippen MR) is 133 cm³/mol. The second kappa shape index (κ2) is 8.81. The van der Waals surface area contributed by atoms with Crippen LogP contribution in [-0.2, 0) is 0 Å². The minimum absolute atomic E-state index is 0.0511. The van der Waals surface area contributed by atoms with E-state index in [9.17, 15) is 5.11 Å². The first-order valence-electron chi connectivity index (χ1n) is 14.0. The Balaban J connectivity index is 1.51. The largest absolute Gasteiger partial charge is 0.393 e. The molecule has 0 amide bonds. The van der Waals surface area contributed by atoms with Gasteiger partial charge in [-0.2, -0.15) is 0 Å². The van der Waals surface area contributed by atoms with Crippen molar-refractivity contribution in [1.82, 2.24) is 0 Å². The molecular weight excluding hydrogens is 376 g/mol. The molecule has 0 aromatic rings. The smallest absolute Gasteiger partial charge is 0.0568 e. The Hall–Kier alpha value is -0.300. The molecule has 11 atom stereocenters. The molecular formula is C30H52O. The van der Waals surface area contributed by atoms with E-state index in [1.165, 1.54) is 51.4 Å². The fourth-order valence-corrected chi connectivity index (χ4v) is 9.90. The summed E-state index contributed by atoms with van der Waals surface area (Å²) in [5.41, 5.74) is 1.03. The van der Waals surface area contributed by atoms with Crippen molar-refractivity contribution in [3.63, 3.8) is 0 Å². The van der Waals surface area contributed by atoms with Crippen molar-refractivity contribution in [3.8, 4) is 0 Å². The van der Waals surface area contributed by atoms with Crippen LogP contribution in [0, 0.1) is 64.1 Å². The molecule has 178 valence electrons. The van der Waals surface area contributed by atoms with Gasteiger partial charge in [-0.25, -0.2) is 0 Å². The van der Waals surface area contributed by atoms with Crippen molar-refractivity contribution >= 4 is 0 Å². The molecule has 0 heterocycles. The van der Waals surface area contributed by atoms with E-state index in [0.717, 1.165) is 53.8 Å². The van der Waals surface area contributed by atoms with E-state index >= 15 is 0 Å². The maximum atomic E-state index is 10.5. The van der Waals surface area contributed by atoms with E-state index in [1.54, 1.807) is 0 Å². The van der Waals surface area contributed by atoms with E-state index in [1.807, 2.05) is 0 Å². The molecule has 0 aromatic heterocycles. The Kier molecular flexibility index (Phi) is 6.78. The summed E-state index contributed by atoms with van der Waals surface area (Å²) in [6.07, 6.45) is 17.3. The highest BCUT2D eigenvalue weighted by Crippen LogP contribution is 2.68. The lowest BCUT2D eigenvalue weighted by molar-refractivity contribution is -0.148. The maximum Gasteiger partial charge on any atom is 0.0568 e. The van der Waals surface area contributed by atoms with E-state index in [4.69, 9.17) is 0 Å². The fraction of sp³-hybridized carbons (Fsp3) is 0.933. The Labute approximate surface area is 193 Å². The highest BCUT2D eigenvalue weighted by atomic mass is 16.3. The average Bonchev–Trinajstić information content (AvgIpc) is 3.08. The molecule has 4 saturated carbocycles. The van der Waals surface area contributed by atoms with Gasteiger partial charge in [0.25, 0.3) is 0 Å². The zero-order valence-electron chi connectivity index (χ0n) is 21.7. The Morgan fingerprint density at radius 2 is 1.48 bits per heavy atom. The lowest BCUT2D eigenvalue weighted by Gasteiger charge is -2.62. The molecule has 0 aromatic carbocycles. The number of aliphatic hydroxyl groups excluding tert-OH is 1. The van der Waals surface area contributed by atoms with Crippen molar-refractivity contribution in [3.05, 3.63) is 12.2 Å². The number of rotatable bonds is 5. The van der Waals surface area contributed by atoms with Gasteiger partial charge in [-0.3, -0.25) is 0 Å². The normalized spacial score (nSPS) is 49.5. The van der Waals surface area contributed by atoms with Gasteiger partial charge in [0.15, 0.2) is 0 Å². The third-order valence-corrected chi connectivity index (χ3v) is 11.9. The third-order valence-electron chi connectivity index (χ3n) is 11.9. The average molecular weight is 429 g/mol. The van der Waals surface area contributed by atoms with Crippen LogP contribution in [0.4, 0.5) is 0 Å². The van der Waals surface area contributed by atoms with Crippen LogP contribution in [0.5, 0.6) is 0 Å². The molecule has 0 aliphatic heterocycles. The van der Waals surface area contributed by atoms with Gasteiger partial charge in [-0.15, -0.1) is 0 Å². The molecule has 1 unspecified atom stereocenters. The molecule has 1 heteroatoms. The molecule has 31 heavy (non-hydrogen) atoms. The zero-order valence-corrected chi connectivity index (χ0v) is 21.7. The van der Waals surface area contributed by atoms with E-state index in [0.29, 0.717) is 16.7 Å². The summed E-state index contributed by atoms with van der Waals surface area (Å²) in [5.74, 6) is 7.14. The van der Waals surface area contributed by atoms with Crippen molar-refractivity contribution in [2.75, 3.05) is 0 Å². The van der Waals surface area contributed by atoms with Gasteiger partial charge in [0.05, 0.1) is 6.10 Å². The fourth-order valence-electron chi connectivity index (χ4n) is 9.90. The second-order valence-electron chi connectivity index (χ2n) is 13.3. The van der Waals surface area contributed by atoms with E-state index in [2.05, 4.69) is 60.6 Å². The summed E-state index contributed by atoms with van der Waals surface area (Å²) in [5, 5.41) is 10.5. The van der Waals surface area contributed by atoms with E-state index < -0.39 is 0 Å². The summed E-state index contributed by atoms with van der Waals surface area (Å²) < 4.78 is 0. The quantitative estimate of drug-likeness (QED) is 0.438. The minimum Gasteiger partial charge on any atom is -0.393 e. The topological polar surface area (TPSA) is 20.2 Å². The molecule has 0 saturated heterocycles. The molecule has 4 aliphatic rings. The molecule has 4 aliphatic carbocycles. The zero-order chi connectivity index (χ0) is 22.6. The van der Waals surface area contributed by atoms with Gasteiger partial charge in [-0.1, -0.05) is 60.6 Å². The van der Waals surface area contributed by atoms with Crippen LogP contribution >= 0.6 is 0 Å². The van der Waals surface area contributed by atoms with Gasteiger partial charge < -0.3 is 5.11 Å². The molecule has 1 N–H and O–H groups in total. The predicted octanol–water partition coefficient (Wildman–Crippen LogP) is 8.13.